The van der Waals surface area contributed by atoms with Gasteiger partial charge >= 0.3 is 0 Å². The van der Waals surface area contributed by atoms with E-state index in [1.165, 1.54) is 6.33 Å². The summed E-state index contributed by atoms with van der Waals surface area (Å²) in [5.74, 6) is -2.28. The van der Waals surface area contributed by atoms with Crippen molar-refractivity contribution in [1.29, 1.82) is 0 Å². The molecule has 1 N–H and O–H groups in total. The number of nitrogens with one attached hydrogen (secondary N) is 1. The van der Waals surface area contributed by atoms with Crippen molar-refractivity contribution in [3.8, 4) is 0 Å². The lowest BCUT2D eigenvalue weighted by atomic mass is 9.85. The molecule has 210 valence electrons. The number of halogens is 2. The van der Waals surface area contributed by atoms with Crippen molar-refractivity contribution in [2.24, 2.45) is 17.8 Å². The number of nitrogens with zero attached hydrogens (tertiary/aromatic N) is 4. The number of fused-ring (bicyclic) bond motifs is 1. The lowest BCUT2D eigenvalue weighted by Gasteiger charge is -2.32. The number of alkyl halides is 2. The van der Waals surface area contributed by atoms with Gasteiger partial charge in [0.1, 0.15) is 6.33 Å². The average molecular weight is 540 g/mol. The summed E-state index contributed by atoms with van der Waals surface area (Å²) in [6, 6.07) is 9.96. The van der Waals surface area contributed by atoms with Crippen LogP contribution in [0.15, 0.2) is 36.7 Å². The number of aryl methyl sites for hydroxylation is 2. The molecule has 2 aliphatic heterocycles. The first-order valence-electron chi connectivity index (χ1n) is 14.2. The summed E-state index contributed by atoms with van der Waals surface area (Å²) in [5.41, 5.74) is 3.09. The molecule has 0 radical (unpaired) electrons. The van der Waals surface area contributed by atoms with E-state index >= 15 is 0 Å². The van der Waals surface area contributed by atoms with Gasteiger partial charge in [0, 0.05) is 51.0 Å². The summed E-state index contributed by atoms with van der Waals surface area (Å²) in [6.07, 6.45) is 2.26. The Balaban J connectivity index is 1.20. The van der Waals surface area contributed by atoms with Crippen LogP contribution in [0.1, 0.15) is 72.4 Å². The SMILES string of the molecule is Cc1ncnc(C)c1C(=O)N1CC2CN(C(C)CC(NC(=O)C3CCC(F)(F)CC3)c3ccccc3)CC2C1. The number of hydrogen-bond acceptors (Lipinski definition) is 5. The molecule has 4 unspecified atom stereocenters. The first-order chi connectivity index (χ1) is 18.6. The molecule has 5 rings (SSSR count). The summed E-state index contributed by atoms with van der Waals surface area (Å²) in [6.45, 7) is 9.18. The Bertz CT molecular complexity index is 1150. The largest absolute Gasteiger partial charge is 0.349 e. The highest BCUT2D eigenvalue weighted by Gasteiger charge is 2.44. The number of hydrogen-bond donors (Lipinski definition) is 1. The van der Waals surface area contributed by atoms with Crippen LogP contribution in [0.5, 0.6) is 0 Å². The summed E-state index contributed by atoms with van der Waals surface area (Å²) in [5, 5.41) is 3.21. The topological polar surface area (TPSA) is 78.4 Å². The van der Waals surface area contributed by atoms with Crippen LogP contribution in [0, 0.1) is 31.6 Å². The van der Waals surface area contributed by atoms with E-state index in [0.29, 0.717) is 17.4 Å². The molecule has 3 heterocycles. The molecule has 1 aromatic heterocycles. The Morgan fingerprint density at radius 3 is 2.18 bits per heavy atom. The van der Waals surface area contributed by atoms with Crippen LogP contribution >= 0.6 is 0 Å². The predicted molar refractivity (Wildman–Crippen MR) is 144 cm³/mol. The zero-order valence-electron chi connectivity index (χ0n) is 23.1. The maximum atomic E-state index is 13.6. The highest BCUT2D eigenvalue weighted by Crippen LogP contribution is 2.37. The summed E-state index contributed by atoms with van der Waals surface area (Å²) < 4.78 is 27.3. The van der Waals surface area contributed by atoms with E-state index in [9.17, 15) is 18.4 Å². The minimum atomic E-state index is -2.65. The number of rotatable bonds is 7. The van der Waals surface area contributed by atoms with Crippen LogP contribution in [0.25, 0.3) is 0 Å². The number of carbonyl (C=O) groups excluding carboxylic acids is 2. The van der Waals surface area contributed by atoms with Gasteiger partial charge in [-0.05, 0) is 57.4 Å². The third kappa shape index (κ3) is 6.13. The van der Waals surface area contributed by atoms with Gasteiger partial charge in [0.2, 0.25) is 11.8 Å². The number of benzene rings is 1. The molecule has 1 saturated carbocycles. The fraction of sp³-hybridized carbons (Fsp3) is 0.600. The van der Waals surface area contributed by atoms with Crippen LogP contribution in [0.3, 0.4) is 0 Å². The maximum Gasteiger partial charge on any atom is 0.257 e. The summed E-state index contributed by atoms with van der Waals surface area (Å²) >= 11 is 0. The highest BCUT2D eigenvalue weighted by molar-refractivity contribution is 5.96. The van der Waals surface area contributed by atoms with E-state index in [1.54, 1.807) is 0 Å². The van der Waals surface area contributed by atoms with Crippen LogP contribution in [0.4, 0.5) is 8.78 Å². The Morgan fingerprint density at radius 2 is 1.59 bits per heavy atom. The van der Waals surface area contributed by atoms with Gasteiger partial charge in [-0.25, -0.2) is 18.7 Å². The second kappa shape index (κ2) is 11.3. The maximum absolute atomic E-state index is 13.6. The van der Waals surface area contributed by atoms with E-state index in [0.717, 1.165) is 49.6 Å². The van der Waals surface area contributed by atoms with Gasteiger partial charge in [0.25, 0.3) is 5.91 Å². The van der Waals surface area contributed by atoms with Crippen molar-refractivity contribution < 1.29 is 18.4 Å². The Kier molecular flexibility index (Phi) is 7.99. The van der Waals surface area contributed by atoms with Gasteiger partial charge in [-0.15, -0.1) is 0 Å². The molecule has 1 aromatic carbocycles. The van der Waals surface area contributed by atoms with Gasteiger partial charge < -0.3 is 10.2 Å². The molecule has 3 aliphatic rings. The van der Waals surface area contributed by atoms with Gasteiger partial charge in [0.05, 0.1) is 23.0 Å². The lowest BCUT2D eigenvalue weighted by molar-refractivity contribution is -0.130. The molecule has 2 aromatic rings. The smallest absolute Gasteiger partial charge is 0.257 e. The van der Waals surface area contributed by atoms with Crippen LogP contribution in [0.2, 0.25) is 0 Å². The van der Waals surface area contributed by atoms with Crippen molar-refractivity contribution >= 4 is 11.8 Å². The standard InChI is InChI=1S/C30H39F2N5O2/c1-19(13-26(22-7-5-4-6-8-22)35-28(38)23-9-11-30(31,32)12-10-23)36-14-24-16-37(17-25(24)15-36)29(39)27-20(2)33-18-34-21(27)3/h4-8,18-19,23-26H,9-17H2,1-3H3,(H,35,38). The molecule has 2 saturated heterocycles. The van der Waals surface area contributed by atoms with E-state index in [2.05, 4.69) is 27.1 Å². The Hall–Kier alpha value is -2.94. The van der Waals surface area contributed by atoms with Crippen LogP contribution < -0.4 is 5.32 Å². The van der Waals surface area contributed by atoms with Crippen LogP contribution in [-0.4, -0.2) is 69.7 Å². The Morgan fingerprint density at radius 1 is 1.00 bits per heavy atom. The first-order valence-corrected chi connectivity index (χ1v) is 14.2. The summed E-state index contributed by atoms with van der Waals surface area (Å²) in [4.78, 5) is 39.2. The molecule has 0 bridgehead atoms. The van der Waals surface area contributed by atoms with E-state index < -0.39 is 5.92 Å². The number of amides is 2. The monoisotopic (exact) mass is 539 g/mol. The quantitative estimate of drug-likeness (QED) is 0.558. The van der Waals surface area contributed by atoms with Crippen molar-refractivity contribution in [2.45, 2.75) is 70.9 Å². The number of aromatic nitrogens is 2. The van der Waals surface area contributed by atoms with Gasteiger partial charge in [-0.1, -0.05) is 30.3 Å². The highest BCUT2D eigenvalue weighted by atomic mass is 19.3. The third-order valence-electron chi connectivity index (χ3n) is 9.05. The van der Waals surface area contributed by atoms with Gasteiger partial charge in [0.15, 0.2) is 0 Å². The predicted octanol–water partition coefficient (Wildman–Crippen LogP) is 4.56. The molecular weight excluding hydrogens is 500 g/mol. The fourth-order valence-electron chi connectivity index (χ4n) is 6.66. The normalized spacial score (nSPS) is 24.8. The molecular formula is C30H39F2N5O2. The molecule has 0 spiro atoms. The van der Waals surface area contributed by atoms with E-state index in [4.69, 9.17) is 0 Å². The molecule has 3 fully saturated rings. The molecule has 1 aliphatic carbocycles. The van der Waals surface area contributed by atoms with Crippen LogP contribution in [-0.2, 0) is 4.79 Å². The second-order valence-corrected chi connectivity index (χ2v) is 11.8. The zero-order valence-corrected chi connectivity index (χ0v) is 23.1. The average Bonchev–Trinajstić information content (AvgIpc) is 3.48. The molecule has 39 heavy (non-hydrogen) atoms. The number of likely N-dealkylation sites (tertiary alicyclic amines) is 2. The van der Waals surface area contributed by atoms with Gasteiger partial charge in [-0.2, -0.15) is 0 Å². The summed E-state index contributed by atoms with van der Waals surface area (Å²) in [7, 11) is 0. The van der Waals surface area contributed by atoms with Crippen molar-refractivity contribution in [1.82, 2.24) is 25.1 Å². The fourth-order valence-corrected chi connectivity index (χ4v) is 6.66. The molecule has 9 heteroatoms. The van der Waals surface area contributed by atoms with Crippen molar-refractivity contribution in [3.63, 3.8) is 0 Å². The van der Waals surface area contributed by atoms with Crippen molar-refractivity contribution in [3.05, 3.63) is 59.2 Å². The minimum absolute atomic E-state index is 0.0203. The minimum Gasteiger partial charge on any atom is -0.349 e. The third-order valence-corrected chi connectivity index (χ3v) is 9.05. The lowest BCUT2D eigenvalue weighted by Crippen LogP contribution is -2.41. The zero-order chi connectivity index (χ0) is 27.7. The van der Waals surface area contributed by atoms with E-state index in [-0.39, 0.29) is 55.5 Å². The number of carbonyl (C=O) groups is 2. The molecule has 7 nitrogen and oxygen atoms in total. The van der Waals surface area contributed by atoms with Crippen molar-refractivity contribution in [2.75, 3.05) is 26.2 Å². The van der Waals surface area contributed by atoms with E-state index in [1.807, 2.05) is 49.1 Å². The Labute approximate surface area is 229 Å². The molecule has 2 amide bonds. The molecule has 4 atom stereocenters. The van der Waals surface area contributed by atoms with Gasteiger partial charge in [-0.3, -0.25) is 14.5 Å². The first kappa shape index (κ1) is 27.6. The second-order valence-electron chi connectivity index (χ2n) is 11.8.